The van der Waals surface area contributed by atoms with E-state index >= 15 is 0 Å². The minimum Gasteiger partial charge on any atom is -0.478 e. The van der Waals surface area contributed by atoms with Crippen molar-refractivity contribution in [3.63, 3.8) is 0 Å². The predicted molar refractivity (Wildman–Crippen MR) is 47.4 cm³/mol. The Morgan fingerprint density at radius 3 is 2.67 bits per heavy atom. The van der Waals surface area contributed by atoms with Gasteiger partial charge in [-0.3, -0.25) is 0 Å². The van der Waals surface area contributed by atoms with Gasteiger partial charge in [0.1, 0.15) is 0 Å². The third kappa shape index (κ3) is 2.26. The minimum absolute atomic E-state index is 0.244. The Hall–Kier alpha value is -0.460. The summed E-state index contributed by atoms with van der Waals surface area (Å²) in [5, 5.41) is 8.46. The quantitative estimate of drug-likeness (QED) is 0.751. The van der Waals surface area contributed by atoms with E-state index in [4.69, 9.17) is 5.11 Å². The highest BCUT2D eigenvalue weighted by atomic mass is 127. The first-order chi connectivity index (χ1) is 5.41. The van der Waals surface area contributed by atoms with E-state index in [1.165, 1.54) is 6.08 Å². The summed E-state index contributed by atoms with van der Waals surface area (Å²) in [7, 11) is 0. The summed E-state index contributed by atoms with van der Waals surface area (Å²) in [4.78, 5) is 10.4. The molecule has 1 aliphatic rings. The molecular formula is C7H5F2IO2. The van der Waals surface area contributed by atoms with E-state index in [1.54, 1.807) is 22.6 Å². The zero-order valence-corrected chi connectivity index (χ0v) is 8.01. The van der Waals surface area contributed by atoms with Gasteiger partial charge in [0.2, 0.25) is 0 Å². The highest BCUT2D eigenvalue weighted by molar-refractivity contribution is 14.1. The fourth-order valence-corrected chi connectivity index (χ4v) is 1.73. The summed E-state index contributed by atoms with van der Waals surface area (Å²) >= 11 is 1.67. The number of hydrogen-bond acceptors (Lipinski definition) is 1. The van der Waals surface area contributed by atoms with Gasteiger partial charge >= 0.3 is 5.97 Å². The van der Waals surface area contributed by atoms with Gasteiger partial charge in [0.15, 0.2) is 0 Å². The lowest BCUT2D eigenvalue weighted by Gasteiger charge is -2.16. The van der Waals surface area contributed by atoms with Crippen molar-refractivity contribution in [3.8, 4) is 0 Å². The largest absolute Gasteiger partial charge is 0.478 e. The van der Waals surface area contributed by atoms with Crippen molar-refractivity contribution < 1.29 is 18.7 Å². The molecule has 0 aromatic heterocycles. The number of hydrogen-bond donors (Lipinski definition) is 1. The second-order valence-electron chi connectivity index (χ2n) is 2.44. The maximum absolute atomic E-state index is 12.7. The zero-order chi connectivity index (χ0) is 9.35. The molecule has 5 heteroatoms. The van der Waals surface area contributed by atoms with E-state index in [0.717, 1.165) is 6.08 Å². The second kappa shape index (κ2) is 3.12. The molecule has 0 saturated carbocycles. The van der Waals surface area contributed by atoms with E-state index in [0.29, 0.717) is 0 Å². The second-order valence-corrected chi connectivity index (χ2v) is 3.69. The number of carboxylic acid groups (broad SMARTS) is 1. The van der Waals surface area contributed by atoms with Gasteiger partial charge in [-0.1, -0.05) is 0 Å². The van der Waals surface area contributed by atoms with Gasteiger partial charge in [-0.05, 0) is 34.7 Å². The summed E-state index contributed by atoms with van der Waals surface area (Å²) in [5.41, 5.74) is -0.244. The summed E-state index contributed by atoms with van der Waals surface area (Å²) in [5.74, 6) is -4.30. The van der Waals surface area contributed by atoms with Crippen molar-refractivity contribution in [1.82, 2.24) is 0 Å². The predicted octanol–water partition coefficient (Wildman–Crippen LogP) is 2.36. The highest BCUT2D eigenvalue weighted by Gasteiger charge is 2.33. The molecule has 0 unspecified atom stereocenters. The monoisotopic (exact) mass is 286 g/mol. The van der Waals surface area contributed by atoms with Crippen LogP contribution in [0.15, 0.2) is 21.3 Å². The molecule has 2 nitrogen and oxygen atoms in total. The van der Waals surface area contributed by atoms with Gasteiger partial charge < -0.3 is 5.11 Å². The zero-order valence-electron chi connectivity index (χ0n) is 5.85. The van der Waals surface area contributed by atoms with Crippen molar-refractivity contribution in [3.05, 3.63) is 21.3 Å². The summed E-state index contributed by atoms with van der Waals surface area (Å²) in [6, 6.07) is 0. The van der Waals surface area contributed by atoms with Crippen molar-refractivity contribution in [2.45, 2.75) is 12.3 Å². The van der Waals surface area contributed by atoms with Crippen molar-refractivity contribution >= 4 is 28.6 Å². The topological polar surface area (TPSA) is 37.3 Å². The number of carboxylic acids is 1. The first-order valence-corrected chi connectivity index (χ1v) is 4.19. The number of carbonyl (C=O) groups is 1. The molecule has 0 spiro atoms. The lowest BCUT2D eigenvalue weighted by Crippen LogP contribution is -2.20. The van der Waals surface area contributed by atoms with E-state index in [2.05, 4.69) is 0 Å². The van der Waals surface area contributed by atoms with Crippen LogP contribution in [0.5, 0.6) is 0 Å². The van der Waals surface area contributed by atoms with Crippen LogP contribution in [0.25, 0.3) is 0 Å². The molecule has 1 N–H and O–H groups in total. The molecule has 0 amide bonds. The van der Waals surface area contributed by atoms with Gasteiger partial charge in [-0.15, -0.1) is 0 Å². The number of allylic oxidation sites excluding steroid dienone is 3. The van der Waals surface area contributed by atoms with Crippen LogP contribution in [0.1, 0.15) is 6.42 Å². The van der Waals surface area contributed by atoms with Gasteiger partial charge in [0.05, 0.1) is 0 Å². The van der Waals surface area contributed by atoms with Crippen LogP contribution < -0.4 is 0 Å². The Labute approximate surface area is 81.1 Å². The maximum atomic E-state index is 12.7. The average molecular weight is 286 g/mol. The molecule has 0 bridgehead atoms. The van der Waals surface area contributed by atoms with Gasteiger partial charge in [0.25, 0.3) is 5.92 Å². The van der Waals surface area contributed by atoms with Gasteiger partial charge in [0, 0.05) is 15.6 Å². The van der Waals surface area contributed by atoms with E-state index in [9.17, 15) is 13.6 Å². The van der Waals surface area contributed by atoms with Crippen LogP contribution >= 0.6 is 22.6 Å². The summed E-state index contributed by atoms with van der Waals surface area (Å²) in [6.07, 6.45) is 1.30. The van der Waals surface area contributed by atoms with Gasteiger partial charge in [-0.25, -0.2) is 13.6 Å². The summed E-state index contributed by atoms with van der Waals surface area (Å²) in [6.45, 7) is 0. The van der Waals surface area contributed by atoms with E-state index in [1.807, 2.05) is 0 Å². The van der Waals surface area contributed by atoms with Crippen molar-refractivity contribution in [2.75, 3.05) is 0 Å². The molecule has 12 heavy (non-hydrogen) atoms. The van der Waals surface area contributed by atoms with Crippen LogP contribution in [-0.4, -0.2) is 17.0 Å². The smallest absolute Gasteiger partial charge is 0.331 e. The molecular weight excluding hydrogens is 281 g/mol. The van der Waals surface area contributed by atoms with E-state index in [-0.39, 0.29) is 9.15 Å². The molecule has 0 heterocycles. The maximum Gasteiger partial charge on any atom is 0.331 e. The SMILES string of the molecule is O=C(O)C1=CC(I)=CC(F)(F)C1. The molecule has 0 aromatic rings. The molecule has 0 aromatic carbocycles. The Morgan fingerprint density at radius 2 is 2.25 bits per heavy atom. The van der Waals surface area contributed by atoms with Crippen molar-refractivity contribution in [1.29, 1.82) is 0 Å². The van der Waals surface area contributed by atoms with Crippen LogP contribution in [0.2, 0.25) is 0 Å². The van der Waals surface area contributed by atoms with Crippen LogP contribution in [0.4, 0.5) is 8.78 Å². The number of aliphatic carboxylic acids is 1. The van der Waals surface area contributed by atoms with Crippen LogP contribution in [0, 0.1) is 0 Å². The molecule has 1 aliphatic carbocycles. The van der Waals surface area contributed by atoms with Crippen LogP contribution in [-0.2, 0) is 4.79 Å². The minimum atomic E-state index is -3.01. The number of alkyl halides is 2. The lowest BCUT2D eigenvalue weighted by atomic mass is 10.0. The Bertz CT molecular complexity index is 281. The van der Waals surface area contributed by atoms with Crippen LogP contribution in [0.3, 0.4) is 0 Å². The molecule has 0 atom stereocenters. The Balaban J connectivity index is 2.96. The highest BCUT2D eigenvalue weighted by Crippen LogP contribution is 2.33. The normalized spacial score (nSPS) is 21.2. The van der Waals surface area contributed by atoms with E-state index < -0.39 is 18.3 Å². The first kappa shape index (κ1) is 9.63. The molecule has 0 fully saturated rings. The van der Waals surface area contributed by atoms with Gasteiger partial charge in [-0.2, -0.15) is 0 Å². The molecule has 0 aliphatic heterocycles. The molecule has 66 valence electrons. The number of halogens is 3. The molecule has 0 radical (unpaired) electrons. The third-order valence-electron chi connectivity index (χ3n) is 1.36. The lowest BCUT2D eigenvalue weighted by molar-refractivity contribution is -0.133. The standard InChI is InChI=1S/C7H5F2IO2/c8-7(9)2-4(6(11)12)1-5(10)3-7/h1,3H,2H2,(H,11,12). The fourth-order valence-electron chi connectivity index (χ4n) is 0.903. The van der Waals surface area contributed by atoms with Crippen molar-refractivity contribution in [2.24, 2.45) is 0 Å². The first-order valence-electron chi connectivity index (χ1n) is 3.11. The summed E-state index contributed by atoms with van der Waals surface area (Å²) < 4.78 is 25.6. The Morgan fingerprint density at radius 1 is 1.67 bits per heavy atom. The molecule has 0 saturated heterocycles. The average Bonchev–Trinajstić information content (AvgIpc) is 1.82. The fraction of sp³-hybridized carbons (Fsp3) is 0.286. The Kier molecular flexibility index (Phi) is 2.50. The third-order valence-corrected chi connectivity index (χ3v) is 1.98. The molecule has 1 rings (SSSR count). The number of rotatable bonds is 1.